The van der Waals surface area contributed by atoms with E-state index in [2.05, 4.69) is 19.3 Å². The number of ether oxygens (including phenoxy) is 1. The Balaban J connectivity index is 2.94. The number of halogens is 1. The summed E-state index contributed by atoms with van der Waals surface area (Å²) in [4.78, 5) is 0. The molecule has 102 valence electrons. The van der Waals surface area contributed by atoms with Crippen molar-refractivity contribution in [2.24, 2.45) is 11.8 Å². The largest absolute Gasteiger partial charge is 0.496 e. The minimum Gasteiger partial charge on any atom is -0.496 e. The zero-order valence-electron chi connectivity index (χ0n) is 11.4. The molecule has 18 heavy (non-hydrogen) atoms. The Morgan fingerprint density at radius 3 is 2.72 bits per heavy atom. The van der Waals surface area contributed by atoms with Gasteiger partial charge in [-0.05, 0) is 24.5 Å². The highest BCUT2D eigenvalue weighted by Crippen LogP contribution is 2.32. The maximum Gasteiger partial charge on any atom is 0.131 e. The van der Waals surface area contributed by atoms with E-state index in [4.69, 9.17) is 10.6 Å². The van der Waals surface area contributed by atoms with Gasteiger partial charge in [0.15, 0.2) is 0 Å². The molecule has 3 N–H and O–H groups in total. The first kappa shape index (κ1) is 14.9. The summed E-state index contributed by atoms with van der Waals surface area (Å²) >= 11 is 0. The Kier molecular flexibility index (Phi) is 6.09. The molecule has 0 fully saturated rings. The van der Waals surface area contributed by atoms with Crippen molar-refractivity contribution < 1.29 is 9.13 Å². The molecule has 3 nitrogen and oxygen atoms in total. The monoisotopic (exact) mass is 254 g/mol. The molecule has 4 heteroatoms. The van der Waals surface area contributed by atoms with Crippen LogP contribution < -0.4 is 16.0 Å². The van der Waals surface area contributed by atoms with E-state index in [1.807, 2.05) is 0 Å². The third-order valence-corrected chi connectivity index (χ3v) is 3.20. The summed E-state index contributed by atoms with van der Waals surface area (Å²) < 4.78 is 19.1. The van der Waals surface area contributed by atoms with Gasteiger partial charge in [0.2, 0.25) is 0 Å². The number of nitrogens with one attached hydrogen (secondary N) is 1. The Hall–Kier alpha value is -1.13. The quantitative estimate of drug-likeness (QED) is 0.580. The van der Waals surface area contributed by atoms with Crippen molar-refractivity contribution in [1.82, 2.24) is 5.43 Å². The minimum absolute atomic E-state index is 0.220. The molecular formula is C14H23FN2O. The van der Waals surface area contributed by atoms with Crippen LogP contribution in [0.4, 0.5) is 4.39 Å². The highest BCUT2D eigenvalue weighted by atomic mass is 19.1. The molecule has 0 radical (unpaired) electrons. The van der Waals surface area contributed by atoms with Crippen LogP contribution in [0.1, 0.15) is 44.7 Å². The lowest BCUT2D eigenvalue weighted by Crippen LogP contribution is -2.30. The standard InChI is InChI=1S/C14H23FN2O/c1-4-6-10(2)9-12(17-16)14-11(15)7-5-8-13(14)18-3/h5,7-8,10,12,17H,4,6,9,16H2,1-3H3. The summed E-state index contributed by atoms with van der Waals surface area (Å²) in [6.07, 6.45) is 3.02. The molecule has 0 spiro atoms. The van der Waals surface area contributed by atoms with Crippen LogP contribution in [-0.2, 0) is 0 Å². The molecule has 0 amide bonds. The van der Waals surface area contributed by atoms with Crippen molar-refractivity contribution in [3.8, 4) is 5.75 Å². The summed E-state index contributed by atoms with van der Waals surface area (Å²) in [5.41, 5.74) is 3.22. The van der Waals surface area contributed by atoms with E-state index < -0.39 is 0 Å². The topological polar surface area (TPSA) is 47.3 Å². The smallest absolute Gasteiger partial charge is 0.131 e. The molecule has 0 aliphatic rings. The van der Waals surface area contributed by atoms with Crippen molar-refractivity contribution in [1.29, 1.82) is 0 Å². The molecule has 0 saturated carbocycles. The van der Waals surface area contributed by atoms with Gasteiger partial charge >= 0.3 is 0 Å². The zero-order chi connectivity index (χ0) is 13.5. The number of hydrogen-bond acceptors (Lipinski definition) is 3. The summed E-state index contributed by atoms with van der Waals surface area (Å²) in [5.74, 6) is 6.32. The summed E-state index contributed by atoms with van der Waals surface area (Å²) in [6, 6.07) is 4.61. The minimum atomic E-state index is -0.277. The SMILES string of the molecule is CCCC(C)CC(NN)c1c(F)cccc1OC. The predicted octanol–water partition coefficient (Wildman–Crippen LogP) is 3.17. The Labute approximate surface area is 108 Å². The fourth-order valence-electron chi connectivity index (χ4n) is 2.32. The van der Waals surface area contributed by atoms with Gasteiger partial charge in [-0.3, -0.25) is 11.3 Å². The Morgan fingerprint density at radius 2 is 2.17 bits per heavy atom. The van der Waals surface area contributed by atoms with Crippen LogP contribution in [0.15, 0.2) is 18.2 Å². The highest BCUT2D eigenvalue weighted by molar-refractivity contribution is 5.37. The molecule has 0 aromatic heterocycles. The number of benzene rings is 1. The fraction of sp³-hybridized carbons (Fsp3) is 0.571. The van der Waals surface area contributed by atoms with Crippen LogP contribution in [0, 0.1) is 11.7 Å². The Morgan fingerprint density at radius 1 is 1.44 bits per heavy atom. The molecule has 0 saturated heterocycles. The summed E-state index contributed by atoms with van der Waals surface area (Å²) in [6.45, 7) is 4.30. The van der Waals surface area contributed by atoms with Gasteiger partial charge in [0.1, 0.15) is 11.6 Å². The number of hydrogen-bond donors (Lipinski definition) is 2. The molecule has 1 aromatic rings. The van der Waals surface area contributed by atoms with Gasteiger partial charge in [-0.1, -0.05) is 32.8 Å². The molecule has 2 unspecified atom stereocenters. The normalized spacial score (nSPS) is 14.3. The lowest BCUT2D eigenvalue weighted by atomic mass is 9.92. The first-order chi connectivity index (χ1) is 8.63. The number of rotatable bonds is 7. The van der Waals surface area contributed by atoms with Crippen molar-refractivity contribution in [2.45, 2.75) is 39.2 Å². The van der Waals surface area contributed by atoms with Crippen LogP contribution >= 0.6 is 0 Å². The van der Waals surface area contributed by atoms with Gasteiger partial charge < -0.3 is 4.74 Å². The first-order valence-corrected chi connectivity index (χ1v) is 6.42. The van der Waals surface area contributed by atoms with Crippen molar-refractivity contribution >= 4 is 0 Å². The zero-order valence-corrected chi connectivity index (χ0v) is 11.4. The second kappa shape index (κ2) is 7.34. The van der Waals surface area contributed by atoms with Gasteiger partial charge in [-0.15, -0.1) is 0 Å². The lowest BCUT2D eigenvalue weighted by molar-refractivity contribution is 0.357. The van der Waals surface area contributed by atoms with Gasteiger partial charge in [-0.2, -0.15) is 0 Å². The van der Waals surface area contributed by atoms with Crippen molar-refractivity contribution in [2.75, 3.05) is 7.11 Å². The third-order valence-electron chi connectivity index (χ3n) is 3.20. The van der Waals surface area contributed by atoms with Gasteiger partial charge in [0, 0.05) is 5.56 Å². The van der Waals surface area contributed by atoms with Crippen LogP contribution in [0.3, 0.4) is 0 Å². The highest BCUT2D eigenvalue weighted by Gasteiger charge is 2.21. The number of hydrazine groups is 1. The maximum atomic E-state index is 13.9. The number of methoxy groups -OCH3 is 1. The third kappa shape index (κ3) is 3.68. The van der Waals surface area contributed by atoms with Gasteiger partial charge in [0.25, 0.3) is 0 Å². The van der Waals surface area contributed by atoms with E-state index in [1.54, 1.807) is 19.2 Å². The second-order valence-electron chi connectivity index (χ2n) is 4.70. The van der Waals surface area contributed by atoms with Crippen molar-refractivity contribution in [3.63, 3.8) is 0 Å². The summed E-state index contributed by atoms with van der Waals surface area (Å²) in [5, 5.41) is 0. The van der Waals surface area contributed by atoms with Crippen LogP contribution in [-0.4, -0.2) is 7.11 Å². The maximum absolute atomic E-state index is 13.9. The molecule has 0 heterocycles. The average molecular weight is 254 g/mol. The molecule has 1 aromatic carbocycles. The van der Waals surface area contributed by atoms with E-state index in [9.17, 15) is 4.39 Å². The lowest BCUT2D eigenvalue weighted by Gasteiger charge is -2.22. The molecule has 0 bridgehead atoms. The van der Waals surface area contributed by atoms with Gasteiger partial charge in [-0.25, -0.2) is 4.39 Å². The van der Waals surface area contributed by atoms with Gasteiger partial charge in [0.05, 0.1) is 13.2 Å². The van der Waals surface area contributed by atoms with E-state index in [1.165, 1.54) is 6.07 Å². The van der Waals surface area contributed by atoms with Crippen molar-refractivity contribution in [3.05, 3.63) is 29.6 Å². The molecule has 1 rings (SSSR count). The van der Waals surface area contributed by atoms with E-state index in [-0.39, 0.29) is 11.9 Å². The summed E-state index contributed by atoms with van der Waals surface area (Å²) in [7, 11) is 1.54. The predicted molar refractivity (Wildman–Crippen MR) is 71.7 cm³/mol. The Bertz CT molecular complexity index is 371. The van der Waals surface area contributed by atoms with E-state index >= 15 is 0 Å². The number of nitrogens with two attached hydrogens (primary N) is 1. The molecule has 0 aliphatic heterocycles. The molecule has 0 aliphatic carbocycles. The van der Waals surface area contributed by atoms with Crippen LogP contribution in [0.2, 0.25) is 0 Å². The van der Waals surface area contributed by atoms with E-state index in [0.29, 0.717) is 17.2 Å². The first-order valence-electron chi connectivity index (χ1n) is 6.42. The van der Waals surface area contributed by atoms with Crippen LogP contribution in [0.25, 0.3) is 0 Å². The van der Waals surface area contributed by atoms with Crippen LogP contribution in [0.5, 0.6) is 5.75 Å². The fourth-order valence-corrected chi connectivity index (χ4v) is 2.32. The van der Waals surface area contributed by atoms with E-state index in [0.717, 1.165) is 19.3 Å². The molecule has 2 atom stereocenters. The average Bonchev–Trinajstić information content (AvgIpc) is 2.36. The molecular weight excluding hydrogens is 231 g/mol. The second-order valence-corrected chi connectivity index (χ2v) is 4.70.